The average molecular weight is 222 g/mol. The van der Waals surface area contributed by atoms with Gasteiger partial charge in [-0.15, -0.1) is 0 Å². The summed E-state index contributed by atoms with van der Waals surface area (Å²) in [4.78, 5) is 10.7. The van der Waals surface area contributed by atoms with Crippen molar-refractivity contribution in [2.75, 3.05) is 7.11 Å². The number of hydrogen-bond donors (Lipinski definition) is 1. The van der Waals surface area contributed by atoms with E-state index in [9.17, 15) is 4.79 Å². The van der Waals surface area contributed by atoms with Gasteiger partial charge in [0.15, 0.2) is 0 Å². The Kier molecular flexibility index (Phi) is 4.35. The minimum Gasteiger partial charge on any atom is -0.496 e. The minimum atomic E-state index is -0.743. The monoisotopic (exact) mass is 222 g/mol. The van der Waals surface area contributed by atoms with Gasteiger partial charge in [-0.1, -0.05) is 19.1 Å². The molecule has 0 aliphatic heterocycles. The Balaban J connectivity index is 2.76. The highest BCUT2D eigenvalue weighted by molar-refractivity contribution is 5.69. The van der Waals surface area contributed by atoms with Gasteiger partial charge in [0.1, 0.15) is 5.75 Å². The van der Waals surface area contributed by atoms with Crippen LogP contribution in [0.4, 0.5) is 0 Å². The maximum Gasteiger partial charge on any atom is 0.306 e. The molecule has 0 aliphatic rings. The molecule has 1 atom stereocenters. The number of carboxylic acids is 1. The van der Waals surface area contributed by atoms with E-state index in [1.165, 1.54) is 0 Å². The summed E-state index contributed by atoms with van der Waals surface area (Å²) in [6.45, 7) is 3.75. The van der Waals surface area contributed by atoms with Crippen LogP contribution in [0.5, 0.6) is 5.75 Å². The van der Waals surface area contributed by atoms with Crippen LogP contribution in [0.15, 0.2) is 18.2 Å². The van der Waals surface area contributed by atoms with Gasteiger partial charge in [0, 0.05) is 0 Å². The van der Waals surface area contributed by atoms with Crippen molar-refractivity contribution in [3.63, 3.8) is 0 Å². The second-order valence-corrected chi connectivity index (χ2v) is 4.03. The molecule has 0 radical (unpaired) electrons. The molecule has 0 spiro atoms. The SMILES string of the molecule is COc1cccc(C)c1CCC(C)C(=O)O. The zero-order chi connectivity index (χ0) is 12.1. The fourth-order valence-electron chi connectivity index (χ4n) is 1.67. The molecule has 1 rings (SSSR count). The topological polar surface area (TPSA) is 46.5 Å². The minimum absolute atomic E-state index is 0.315. The lowest BCUT2D eigenvalue weighted by Crippen LogP contribution is -2.10. The van der Waals surface area contributed by atoms with Crippen LogP contribution in [0.25, 0.3) is 0 Å². The number of carboxylic acid groups (broad SMARTS) is 1. The van der Waals surface area contributed by atoms with Gasteiger partial charge < -0.3 is 9.84 Å². The predicted octanol–water partition coefficient (Wildman–Crippen LogP) is 2.66. The summed E-state index contributed by atoms with van der Waals surface area (Å²) >= 11 is 0. The number of carbonyl (C=O) groups is 1. The number of hydrogen-bond acceptors (Lipinski definition) is 2. The first-order valence-electron chi connectivity index (χ1n) is 5.41. The lowest BCUT2D eigenvalue weighted by Gasteiger charge is -2.12. The Labute approximate surface area is 96.1 Å². The molecule has 0 amide bonds. The van der Waals surface area contributed by atoms with E-state index in [4.69, 9.17) is 9.84 Å². The Morgan fingerprint density at radius 1 is 1.50 bits per heavy atom. The first-order chi connectivity index (χ1) is 7.56. The van der Waals surface area contributed by atoms with Gasteiger partial charge in [-0.05, 0) is 37.0 Å². The Morgan fingerprint density at radius 2 is 2.19 bits per heavy atom. The molecule has 3 heteroatoms. The van der Waals surface area contributed by atoms with Crippen LogP contribution < -0.4 is 4.74 Å². The van der Waals surface area contributed by atoms with Crippen LogP contribution in [0.1, 0.15) is 24.5 Å². The number of aliphatic carboxylic acids is 1. The summed E-state index contributed by atoms with van der Waals surface area (Å²) in [6.07, 6.45) is 1.37. The molecule has 1 unspecified atom stereocenters. The highest BCUT2D eigenvalue weighted by Crippen LogP contribution is 2.24. The van der Waals surface area contributed by atoms with Gasteiger partial charge in [-0.3, -0.25) is 4.79 Å². The average Bonchev–Trinajstić information content (AvgIpc) is 2.26. The second kappa shape index (κ2) is 5.54. The molecule has 1 aromatic carbocycles. The van der Waals surface area contributed by atoms with Crippen molar-refractivity contribution in [1.29, 1.82) is 0 Å². The summed E-state index contributed by atoms with van der Waals surface area (Å²) in [5.41, 5.74) is 2.26. The molecule has 0 saturated heterocycles. The quantitative estimate of drug-likeness (QED) is 0.833. The van der Waals surface area contributed by atoms with Crippen molar-refractivity contribution in [3.05, 3.63) is 29.3 Å². The van der Waals surface area contributed by atoms with Crippen LogP contribution in [0.3, 0.4) is 0 Å². The molecule has 0 fully saturated rings. The Bertz CT molecular complexity index is 371. The predicted molar refractivity (Wildman–Crippen MR) is 62.9 cm³/mol. The van der Waals surface area contributed by atoms with Gasteiger partial charge in [-0.25, -0.2) is 0 Å². The van der Waals surface area contributed by atoms with E-state index in [0.717, 1.165) is 23.3 Å². The van der Waals surface area contributed by atoms with Gasteiger partial charge in [-0.2, -0.15) is 0 Å². The largest absolute Gasteiger partial charge is 0.496 e. The van der Waals surface area contributed by atoms with Crippen molar-refractivity contribution in [3.8, 4) is 5.75 Å². The summed E-state index contributed by atoms with van der Waals surface area (Å²) < 4.78 is 5.27. The van der Waals surface area contributed by atoms with Gasteiger partial charge in [0.05, 0.1) is 13.0 Å². The fourth-order valence-corrected chi connectivity index (χ4v) is 1.67. The molecule has 0 saturated carbocycles. The number of rotatable bonds is 5. The summed E-state index contributed by atoms with van der Waals surface area (Å²) in [5.74, 6) is -0.213. The highest BCUT2D eigenvalue weighted by Gasteiger charge is 2.13. The third-order valence-corrected chi connectivity index (χ3v) is 2.84. The van der Waals surface area contributed by atoms with Crippen molar-refractivity contribution in [1.82, 2.24) is 0 Å². The van der Waals surface area contributed by atoms with Gasteiger partial charge >= 0.3 is 5.97 Å². The van der Waals surface area contributed by atoms with Crippen molar-refractivity contribution < 1.29 is 14.6 Å². The van der Waals surface area contributed by atoms with Gasteiger partial charge in [0.2, 0.25) is 0 Å². The van der Waals surface area contributed by atoms with Crippen molar-refractivity contribution in [2.45, 2.75) is 26.7 Å². The molecule has 1 N–H and O–H groups in total. The first kappa shape index (κ1) is 12.6. The highest BCUT2D eigenvalue weighted by atomic mass is 16.5. The van der Waals surface area contributed by atoms with Crippen molar-refractivity contribution in [2.24, 2.45) is 5.92 Å². The standard InChI is InChI=1S/C13H18O3/c1-9-5-4-6-12(16-3)11(9)8-7-10(2)13(14)15/h4-6,10H,7-8H2,1-3H3,(H,14,15). The summed E-state index contributed by atoms with van der Waals surface area (Å²) in [5, 5.41) is 8.82. The molecule has 0 bridgehead atoms. The number of aryl methyl sites for hydroxylation is 1. The zero-order valence-electron chi connectivity index (χ0n) is 9.99. The molecular weight excluding hydrogens is 204 g/mol. The maximum absolute atomic E-state index is 10.7. The van der Waals surface area contributed by atoms with E-state index in [-0.39, 0.29) is 5.92 Å². The lowest BCUT2D eigenvalue weighted by molar-refractivity contribution is -0.141. The number of ether oxygens (including phenoxy) is 1. The summed E-state index contributed by atoms with van der Waals surface area (Å²) in [7, 11) is 1.64. The Hall–Kier alpha value is -1.51. The van der Waals surface area contributed by atoms with E-state index in [1.54, 1.807) is 14.0 Å². The van der Waals surface area contributed by atoms with Crippen LogP contribution in [0.2, 0.25) is 0 Å². The molecule has 3 nitrogen and oxygen atoms in total. The van der Waals surface area contributed by atoms with E-state index < -0.39 is 5.97 Å². The number of methoxy groups -OCH3 is 1. The van der Waals surface area contributed by atoms with E-state index in [2.05, 4.69) is 0 Å². The zero-order valence-corrected chi connectivity index (χ0v) is 9.99. The van der Waals surface area contributed by atoms with E-state index in [1.807, 2.05) is 25.1 Å². The normalized spacial score (nSPS) is 12.2. The molecule has 88 valence electrons. The first-order valence-corrected chi connectivity index (χ1v) is 5.41. The lowest BCUT2D eigenvalue weighted by atomic mass is 9.97. The molecule has 0 aliphatic carbocycles. The molecule has 0 aromatic heterocycles. The maximum atomic E-state index is 10.7. The smallest absolute Gasteiger partial charge is 0.306 e. The third kappa shape index (κ3) is 2.99. The Morgan fingerprint density at radius 3 is 2.75 bits per heavy atom. The van der Waals surface area contributed by atoms with E-state index >= 15 is 0 Å². The van der Waals surface area contributed by atoms with Crippen LogP contribution in [-0.2, 0) is 11.2 Å². The second-order valence-electron chi connectivity index (χ2n) is 4.03. The third-order valence-electron chi connectivity index (χ3n) is 2.84. The molecular formula is C13H18O3. The van der Waals surface area contributed by atoms with Crippen LogP contribution in [-0.4, -0.2) is 18.2 Å². The van der Waals surface area contributed by atoms with E-state index in [0.29, 0.717) is 6.42 Å². The molecule has 0 heterocycles. The van der Waals surface area contributed by atoms with Crippen molar-refractivity contribution >= 4 is 5.97 Å². The van der Waals surface area contributed by atoms with Gasteiger partial charge in [0.25, 0.3) is 0 Å². The molecule has 1 aromatic rings. The van der Waals surface area contributed by atoms with Crippen LogP contribution in [0, 0.1) is 12.8 Å². The summed E-state index contributed by atoms with van der Waals surface area (Å²) in [6, 6.07) is 5.87. The van der Waals surface area contributed by atoms with Crippen LogP contribution >= 0.6 is 0 Å². The molecule has 16 heavy (non-hydrogen) atoms. The number of benzene rings is 1. The fraction of sp³-hybridized carbons (Fsp3) is 0.462.